The number of aryl methyl sites for hydroxylation is 1. The minimum absolute atomic E-state index is 0.703. The summed E-state index contributed by atoms with van der Waals surface area (Å²) in [6, 6.07) is 27.5. The topological polar surface area (TPSA) is 23.8 Å². The molecule has 3 aromatic rings. The van der Waals surface area contributed by atoms with E-state index in [1.807, 2.05) is 18.2 Å². The van der Waals surface area contributed by atoms with E-state index in [9.17, 15) is 5.26 Å². The van der Waals surface area contributed by atoms with Gasteiger partial charge in [0.1, 0.15) is 0 Å². The summed E-state index contributed by atoms with van der Waals surface area (Å²) >= 11 is 0. The molecule has 0 unspecified atom stereocenters. The Hall–Kier alpha value is -2.85. The van der Waals surface area contributed by atoms with Crippen LogP contribution in [0.1, 0.15) is 50.2 Å². The van der Waals surface area contributed by atoms with E-state index in [1.165, 1.54) is 54.4 Å². The number of rotatable bonds is 8. The molecule has 1 nitrogen and oxygen atoms in total. The summed E-state index contributed by atoms with van der Waals surface area (Å²) < 4.78 is 0. The second-order valence-electron chi connectivity index (χ2n) is 7.10. The van der Waals surface area contributed by atoms with E-state index in [-0.39, 0.29) is 0 Å². The largest absolute Gasteiger partial charge is 0.192 e. The van der Waals surface area contributed by atoms with Crippen LogP contribution in [-0.4, -0.2) is 0 Å². The Kier molecular flexibility index (Phi) is 6.83. The van der Waals surface area contributed by atoms with Crippen LogP contribution in [0.15, 0.2) is 72.8 Å². The zero-order valence-corrected chi connectivity index (χ0v) is 16.1. The average Bonchev–Trinajstić information content (AvgIpc) is 2.74. The van der Waals surface area contributed by atoms with E-state index < -0.39 is 0 Å². The molecule has 0 spiro atoms. The van der Waals surface area contributed by atoms with Crippen molar-refractivity contribution in [3.8, 4) is 28.3 Å². The molecule has 0 heterocycles. The van der Waals surface area contributed by atoms with Gasteiger partial charge in [-0.05, 0) is 52.8 Å². The van der Waals surface area contributed by atoms with Gasteiger partial charge in [0.15, 0.2) is 0 Å². The molecule has 0 aliphatic heterocycles. The summed E-state index contributed by atoms with van der Waals surface area (Å²) in [5, 5.41) is 9.36. The van der Waals surface area contributed by atoms with Gasteiger partial charge in [-0.2, -0.15) is 5.26 Å². The van der Waals surface area contributed by atoms with Gasteiger partial charge in [0.25, 0.3) is 0 Å². The predicted molar refractivity (Wildman–Crippen MR) is 114 cm³/mol. The highest BCUT2D eigenvalue weighted by atomic mass is 14.2. The number of hydrogen-bond donors (Lipinski definition) is 0. The Morgan fingerprint density at radius 3 is 2.26 bits per heavy atom. The van der Waals surface area contributed by atoms with Crippen molar-refractivity contribution in [2.45, 2.75) is 45.4 Å². The van der Waals surface area contributed by atoms with Crippen molar-refractivity contribution in [1.82, 2.24) is 0 Å². The maximum absolute atomic E-state index is 9.36. The van der Waals surface area contributed by atoms with Crippen molar-refractivity contribution >= 4 is 0 Å². The first kappa shape index (κ1) is 18.9. The Morgan fingerprint density at radius 1 is 0.704 bits per heavy atom. The van der Waals surface area contributed by atoms with E-state index in [2.05, 4.69) is 67.6 Å². The maximum Gasteiger partial charge on any atom is 0.0991 e. The van der Waals surface area contributed by atoms with Gasteiger partial charge in [0.05, 0.1) is 11.6 Å². The molecule has 0 aliphatic carbocycles. The fourth-order valence-electron chi connectivity index (χ4n) is 3.55. The van der Waals surface area contributed by atoms with Gasteiger partial charge >= 0.3 is 0 Å². The van der Waals surface area contributed by atoms with Crippen LogP contribution in [0.5, 0.6) is 0 Å². The second kappa shape index (κ2) is 9.74. The third kappa shape index (κ3) is 5.08. The minimum Gasteiger partial charge on any atom is -0.192 e. The van der Waals surface area contributed by atoms with Crippen LogP contribution >= 0.6 is 0 Å². The summed E-state index contributed by atoms with van der Waals surface area (Å²) in [5.41, 5.74) is 6.77. The predicted octanol–water partition coefficient (Wildman–Crippen LogP) is 7.41. The van der Waals surface area contributed by atoms with Gasteiger partial charge in [-0.15, -0.1) is 0 Å². The molecule has 0 aliphatic rings. The van der Waals surface area contributed by atoms with Crippen molar-refractivity contribution in [2.24, 2.45) is 0 Å². The van der Waals surface area contributed by atoms with Gasteiger partial charge in [-0.3, -0.25) is 0 Å². The van der Waals surface area contributed by atoms with E-state index in [0.29, 0.717) is 5.56 Å². The third-order valence-electron chi connectivity index (χ3n) is 5.04. The monoisotopic (exact) mass is 353 g/mol. The van der Waals surface area contributed by atoms with E-state index in [4.69, 9.17) is 0 Å². The number of unbranched alkanes of at least 4 members (excludes halogenated alkanes) is 4. The van der Waals surface area contributed by atoms with Crippen molar-refractivity contribution in [2.75, 3.05) is 0 Å². The summed E-state index contributed by atoms with van der Waals surface area (Å²) in [7, 11) is 0. The van der Waals surface area contributed by atoms with Gasteiger partial charge in [-0.25, -0.2) is 0 Å². The second-order valence-corrected chi connectivity index (χ2v) is 7.10. The van der Waals surface area contributed by atoms with Crippen LogP contribution in [0.3, 0.4) is 0 Å². The molecule has 27 heavy (non-hydrogen) atoms. The maximum atomic E-state index is 9.36. The van der Waals surface area contributed by atoms with Crippen LogP contribution < -0.4 is 0 Å². The summed E-state index contributed by atoms with van der Waals surface area (Å²) in [5.74, 6) is 0. The molecule has 0 fully saturated rings. The van der Waals surface area contributed by atoms with Gasteiger partial charge in [0.2, 0.25) is 0 Å². The van der Waals surface area contributed by atoms with Crippen LogP contribution in [0.25, 0.3) is 22.3 Å². The zero-order chi connectivity index (χ0) is 18.9. The molecule has 0 saturated heterocycles. The molecule has 1 heteroatoms. The third-order valence-corrected chi connectivity index (χ3v) is 5.04. The summed E-state index contributed by atoms with van der Waals surface area (Å²) in [6.45, 7) is 2.25. The molecule has 0 saturated carbocycles. The Balaban J connectivity index is 1.89. The Bertz CT molecular complexity index is 903. The van der Waals surface area contributed by atoms with Gasteiger partial charge in [0, 0.05) is 0 Å². The van der Waals surface area contributed by atoms with Crippen LogP contribution in [0.2, 0.25) is 0 Å². The lowest BCUT2D eigenvalue weighted by Gasteiger charge is -2.12. The Morgan fingerprint density at radius 2 is 1.48 bits per heavy atom. The molecular formula is C26H27N. The van der Waals surface area contributed by atoms with Crippen molar-refractivity contribution in [3.63, 3.8) is 0 Å². The average molecular weight is 354 g/mol. The molecule has 0 bridgehead atoms. The summed E-state index contributed by atoms with van der Waals surface area (Å²) in [4.78, 5) is 0. The quantitative estimate of drug-likeness (QED) is 0.387. The lowest BCUT2D eigenvalue weighted by molar-refractivity contribution is 0.632. The van der Waals surface area contributed by atoms with E-state index in [1.54, 1.807) is 0 Å². The molecule has 0 amide bonds. The van der Waals surface area contributed by atoms with E-state index in [0.717, 1.165) is 12.0 Å². The highest BCUT2D eigenvalue weighted by Crippen LogP contribution is 2.33. The number of nitriles is 1. The molecule has 0 atom stereocenters. The summed E-state index contributed by atoms with van der Waals surface area (Å²) in [6.07, 6.45) is 7.62. The number of nitrogens with zero attached hydrogens (tertiary/aromatic N) is 1. The first-order valence-electron chi connectivity index (χ1n) is 10.0. The van der Waals surface area contributed by atoms with Gasteiger partial charge in [-0.1, -0.05) is 93.3 Å². The molecule has 0 aromatic heterocycles. The molecule has 0 radical (unpaired) electrons. The molecule has 3 rings (SSSR count). The van der Waals surface area contributed by atoms with Crippen LogP contribution in [0, 0.1) is 11.3 Å². The van der Waals surface area contributed by atoms with Crippen molar-refractivity contribution in [3.05, 3.63) is 83.9 Å². The smallest absolute Gasteiger partial charge is 0.0991 e. The molecular weight excluding hydrogens is 326 g/mol. The first-order chi connectivity index (χ1) is 13.3. The lowest BCUT2D eigenvalue weighted by atomic mass is 9.91. The highest BCUT2D eigenvalue weighted by molar-refractivity contribution is 5.84. The SMILES string of the molecule is CCCCCCCc1cccc(-c2cc(C#N)ccc2-c2ccccc2)c1. The van der Waals surface area contributed by atoms with Gasteiger partial charge < -0.3 is 0 Å². The highest BCUT2D eigenvalue weighted by Gasteiger charge is 2.09. The van der Waals surface area contributed by atoms with E-state index >= 15 is 0 Å². The normalized spacial score (nSPS) is 10.5. The first-order valence-corrected chi connectivity index (χ1v) is 10.0. The zero-order valence-electron chi connectivity index (χ0n) is 16.1. The lowest BCUT2D eigenvalue weighted by Crippen LogP contribution is -1.90. The number of benzene rings is 3. The van der Waals surface area contributed by atoms with Crippen LogP contribution in [0.4, 0.5) is 0 Å². The van der Waals surface area contributed by atoms with Crippen molar-refractivity contribution < 1.29 is 0 Å². The standard InChI is InChI=1S/C26H27N/c1-2-3-4-5-7-11-21-12-10-15-24(18-21)26-19-22(20-27)16-17-25(26)23-13-8-6-9-14-23/h6,8-10,12-19H,2-5,7,11H2,1H3. The Labute approximate surface area is 163 Å². The number of hydrogen-bond acceptors (Lipinski definition) is 1. The molecule has 0 N–H and O–H groups in total. The fraction of sp³-hybridized carbons (Fsp3) is 0.269. The molecule has 3 aromatic carbocycles. The van der Waals surface area contributed by atoms with Crippen molar-refractivity contribution in [1.29, 1.82) is 5.26 Å². The van der Waals surface area contributed by atoms with Crippen LogP contribution in [-0.2, 0) is 6.42 Å². The minimum atomic E-state index is 0.703. The fourth-order valence-corrected chi connectivity index (χ4v) is 3.55. The molecule has 136 valence electrons.